The van der Waals surface area contributed by atoms with Gasteiger partial charge in [0.2, 0.25) is 0 Å². The molecule has 1 atom stereocenters. The molecule has 0 unspecified atom stereocenters. The quantitative estimate of drug-likeness (QED) is 0.779. The molecule has 0 spiro atoms. The van der Waals surface area contributed by atoms with E-state index in [1.165, 1.54) is 14.2 Å². The Kier molecular flexibility index (Phi) is 4.97. The van der Waals surface area contributed by atoms with Crippen molar-refractivity contribution in [1.82, 2.24) is 10.6 Å². The predicted octanol–water partition coefficient (Wildman–Crippen LogP) is 2.91. The van der Waals surface area contributed by atoms with Crippen molar-refractivity contribution in [3.8, 4) is 5.75 Å². The molecule has 1 aromatic rings. The minimum Gasteiger partial charge on any atom is -0.495 e. The van der Waals surface area contributed by atoms with Crippen molar-refractivity contribution >= 4 is 39.5 Å². The number of rotatable bonds is 3. The van der Waals surface area contributed by atoms with E-state index in [9.17, 15) is 9.59 Å². The van der Waals surface area contributed by atoms with Crippen LogP contribution in [0.25, 0.3) is 0 Å². The lowest BCUT2D eigenvalue weighted by Crippen LogP contribution is -2.45. The molecule has 22 heavy (non-hydrogen) atoms. The summed E-state index contributed by atoms with van der Waals surface area (Å²) in [4.78, 5) is 23.9. The number of carbonyl (C=O) groups is 2. The maximum absolute atomic E-state index is 12.1. The SMILES string of the molecule is COC(=O)C1=C(C)NC(=O)N[C@@H]1c1cc(Cl)cc(Br)c1OC. The second-order valence-corrected chi connectivity index (χ2v) is 5.86. The minimum atomic E-state index is -0.730. The smallest absolute Gasteiger partial charge is 0.337 e. The number of amides is 2. The highest BCUT2D eigenvalue weighted by atomic mass is 79.9. The zero-order valence-electron chi connectivity index (χ0n) is 12.1. The van der Waals surface area contributed by atoms with Crippen molar-refractivity contribution in [2.75, 3.05) is 14.2 Å². The summed E-state index contributed by atoms with van der Waals surface area (Å²) < 4.78 is 10.8. The number of hydrogen-bond acceptors (Lipinski definition) is 4. The molecule has 1 aromatic carbocycles. The Labute approximate surface area is 140 Å². The zero-order valence-corrected chi connectivity index (χ0v) is 14.5. The van der Waals surface area contributed by atoms with Crippen LogP contribution in [-0.4, -0.2) is 26.2 Å². The maximum Gasteiger partial charge on any atom is 0.337 e. The van der Waals surface area contributed by atoms with Crippen molar-refractivity contribution in [3.05, 3.63) is 38.5 Å². The standard InChI is InChI=1S/C14H14BrClN2O4/c1-6-10(13(19)22-3)11(18-14(20)17-6)8-4-7(16)5-9(15)12(8)21-2/h4-5,11H,1-3H3,(H2,17,18,20)/t11-/m1/s1. The molecule has 0 aliphatic carbocycles. The highest BCUT2D eigenvalue weighted by molar-refractivity contribution is 9.10. The highest BCUT2D eigenvalue weighted by Crippen LogP contribution is 2.39. The van der Waals surface area contributed by atoms with Crippen LogP contribution in [0.1, 0.15) is 18.5 Å². The van der Waals surface area contributed by atoms with Gasteiger partial charge < -0.3 is 20.1 Å². The number of methoxy groups -OCH3 is 2. The van der Waals surface area contributed by atoms with Gasteiger partial charge in [0.1, 0.15) is 5.75 Å². The largest absolute Gasteiger partial charge is 0.495 e. The van der Waals surface area contributed by atoms with Crippen LogP contribution in [0.15, 0.2) is 27.9 Å². The number of esters is 1. The van der Waals surface area contributed by atoms with E-state index < -0.39 is 18.0 Å². The Morgan fingerprint density at radius 1 is 1.36 bits per heavy atom. The van der Waals surface area contributed by atoms with Gasteiger partial charge in [-0.2, -0.15) is 0 Å². The van der Waals surface area contributed by atoms with E-state index in [2.05, 4.69) is 26.6 Å². The van der Waals surface area contributed by atoms with Gasteiger partial charge in [-0.3, -0.25) is 0 Å². The van der Waals surface area contributed by atoms with E-state index in [4.69, 9.17) is 21.1 Å². The molecular weight excluding hydrogens is 376 g/mol. The molecule has 0 aromatic heterocycles. The molecule has 0 saturated carbocycles. The zero-order chi connectivity index (χ0) is 16.4. The van der Waals surface area contributed by atoms with Crippen LogP contribution in [0.2, 0.25) is 5.02 Å². The van der Waals surface area contributed by atoms with E-state index in [1.54, 1.807) is 19.1 Å². The maximum atomic E-state index is 12.1. The Morgan fingerprint density at radius 3 is 2.64 bits per heavy atom. The van der Waals surface area contributed by atoms with Gasteiger partial charge in [-0.05, 0) is 35.0 Å². The fourth-order valence-electron chi connectivity index (χ4n) is 2.32. The van der Waals surface area contributed by atoms with Crippen molar-refractivity contribution < 1.29 is 19.1 Å². The van der Waals surface area contributed by atoms with E-state index in [1.807, 2.05) is 0 Å². The fourth-order valence-corrected chi connectivity index (χ4v) is 3.31. The third-order valence-electron chi connectivity index (χ3n) is 3.23. The van der Waals surface area contributed by atoms with Crippen molar-refractivity contribution in [2.45, 2.75) is 13.0 Å². The number of urea groups is 1. The number of halogens is 2. The van der Waals surface area contributed by atoms with Crippen LogP contribution in [-0.2, 0) is 9.53 Å². The molecule has 1 heterocycles. The average molecular weight is 390 g/mol. The van der Waals surface area contributed by atoms with Gasteiger partial charge in [-0.15, -0.1) is 0 Å². The van der Waals surface area contributed by atoms with Crippen LogP contribution in [0.3, 0.4) is 0 Å². The Hall–Kier alpha value is -1.73. The van der Waals surface area contributed by atoms with E-state index in [0.29, 0.717) is 26.5 Å². The topological polar surface area (TPSA) is 76.7 Å². The van der Waals surface area contributed by atoms with Gasteiger partial charge in [0.05, 0.1) is 30.3 Å². The first-order valence-corrected chi connectivity index (χ1v) is 7.45. The molecule has 0 fully saturated rings. The van der Waals surface area contributed by atoms with Gasteiger partial charge in [-0.1, -0.05) is 11.6 Å². The summed E-state index contributed by atoms with van der Waals surface area (Å²) in [5.41, 5.74) is 1.25. The number of carbonyl (C=O) groups excluding carboxylic acids is 2. The van der Waals surface area contributed by atoms with Gasteiger partial charge >= 0.3 is 12.0 Å². The summed E-state index contributed by atoms with van der Waals surface area (Å²) in [5.74, 6) is -0.0704. The molecule has 0 bridgehead atoms. The summed E-state index contributed by atoms with van der Waals surface area (Å²) in [6.45, 7) is 1.63. The summed E-state index contributed by atoms with van der Waals surface area (Å²) in [7, 11) is 2.77. The van der Waals surface area contributed by atoms with E-state index in [-0.39, 0.29) is 5.57 Å². The molecule has 1 aliphatic rings. The van der Waals surface area contributed by atoms with Crippen LogP contribution in [0.5, 0.6) is 5.75 Å². The molecule has 0 saturated heterocycles. The Balaban J connectivity index is 2.65. The van der Waals surface area contributed by atoms with E-state index in [0.717, 1.165) is 0 Å². The van der Waals surface area contributed by atoms with Gasteiger partial charge in [-0.25, -0.2) is 9.59 Å². The molecule has 1 aliphatic heterocycles. The van der Waals surface area contributed by atoms with Crippen LogP contribution < -0.4 is 15.4 Å². The van der Waals surface area contributed by atoms with Crippen molar-refractivity contribution in [3.63, 3.8) is 0 Å². The van der Waals surface area contributed by atoms with Crippen molar-refractivity contribution in [2.24, 2.45) is 0 Å². The summed E-state index contributed by atoms with van der Waals surface area (Å²) in [6.07, 6.45) is 0. The van der Waals surface area contributed by atoms with Gasteiger partial charge in [0, 0.05) is 16.3 Å². The summed E-state index contributed by atoms with van der Waals surface area (Å²) >= 11 is 9.45. The lowest BCUT2D eigenvalue weighted by Gasteiger charge is -2.29. The summed E-state index contributed by atoms with van der Waals surface area (Å²) in [5, 5.41) is 5.69. The third kappa shape index (κ3) is 3.05. The number of ether oxygens (including phenoxy) is 2. The first-order valence-electron chi connectivity index (χ1n) is 6.28. The molecule has 8 heteroatoms. The van der Waals surface area contributed by atoms with E-state index >= 15 is 0 Å². The first kappa shape index (κ1) is 16.6. The Morgan fingerprint density at radius 2 is 2.05 bits per heavy atom. The minimum absolute atomic E-state index is 0.287. The number of benzene rings is 1. The third-order valence-corrected chi connectivity index (χ3v) is 4.03. The fraction of sp³-hybridized carbons (Fsp3) is 0.286. The van der Waals surface area contributed by atoms with Crippen LogP contribution in [0.4, 0.5) is 4.79 Å². The first-order chi connectivity index (χ1) is 10.4. The normalized spacial score (nSPS) is 17.7. The summed E-state index contributed by atoms with van der Waals surface area (Å²) in [6, 6.07) is 2.15. The lowest BCUT2D eigenvalue weighted by atomic mass is 9.95. The predicted molar refractivity (Wildman–Crippen MR) is 84.8 cm³/mol. The molecule has 118 valence electrons. The molecule has 2 N–H and O–H groups in total. The molecule has 6 nitrogen and oxygen atoms in total. The molecular formula is C14H14BrClN2O4. The second-order valence-electron chi connectivity index (χ2n) is 4.57. The number of hydrogen-bond donors (Lipinski definition) is 2. The Bertz CT molecular complexity index is 675. The van der Waals surface area contributed by atoms with Crippen molar-refractivity contribution in [1.29, 1.82) is 0 Å². The molecule has 2 rings (SSSR count). The van der Waals surface area contributed by atoms with Gasteiger partial charge in [0.15, 0.2) is 0 Å². The van der Waals surface area contributed by atoms with Gasteiger partial charge in [0.25, 0.3) is 0 Å². The second kappa shape index (κ2) is 6.58. The number of nitrogens with one attached hydrogen (secondary N) is 2. The van der Waals surface area contributed by atoms with Crippen LogP contribution in [0, 0.1) is 0 Å². The average Bonchev–Trinajstić information content (AvgIpc) is 2.45. The lowest BCUT2D eigenvalue weighted by molar-refractivity contribution is -0.136. The van der Waals surface area contributed by atoms with Crippen LogP contribution >= 0.6 is 27.5 Å². The highest BCUT2D eigenvalue weighted by Gasteiger charge is 2.34. The molecule has 2 amide bonds. The monoisotopic (exact) mass is 388 g/mol. The number of allylic oxidation sites excluding steroid dienone is 1. The molecule has 0 radical (unpaired) electrons.